The zero-order valence-corrected chi connectivity index (χ0v) is 18.3. The van der Waals surface area contributed by atoms with Crippen LogP contribution in [0.4, 0.5) is 0 Å². The van der Waals surface area contributed by atoms with Gasteiger partial charge < -0.3 is 15.0 Å². The molecule has 1 aliphatic rings. The van der Waals surface area contributed by atoms with E-state index in [0.717, 1.165) is 22.6 Å². The molecule has 3 aromatic rings. The maximum Gasteiger partial charge on any atom is 0.253 e. The SMILES string of the molecule is COc1ccc(C2CN(C(=O)c3ccc(C)cc3)CC2C(=O)NCc2ccccn2)cc1. The average molecular weight is 430 g/mol. The van der Waals surface area contributed by atoms with Gasteiger partial charge in [0.25, 0.3) is 5.91 Å². The highest BCUT2D eigenvalue weighted by molar-refractivity contribution is 5.95. The van der Waals surface area contributed by atoms with Crippen molar-refractivity contribution < 1.29 is 14.3 Å². The molecule has 2 unspecified atom stereocenters. The van der Waals surface area contributed by atoms with Crippen molar-refractivity contribution in [3.63, 3.8) is 0 Å². The third kappa shape index (κ3) is 4.80. The van der Waals surface area contributed by atoms with E-state index in [9.17, 15) is 9.59 Å². The molecule has 1 aromatic heterocycles. The Balaban J connectivity index is 1.54. The monoisotopic (exact) mass is 429 g/mol. The number of aromatic nitrogens is 1. The van der Waals surface area contributed by atoms with Crippen molar-refractivity contribution >= 4 is 11.8 Å². The highest BCUT2D eigenvalue weighted by atomic mass is 16.5. The number of carbonyl (C=O) groups is 2. The van der Waals surface area contributed by atoms with Crippen LogP contribution in [0, 0.1) is 12.8 Å². The second-order valence-electron chi connectivity index (χ2n) is 8.10. The number of benzene rings is 2. The van der Waals surface area contributed by atoms with Crippen LogP contribution in [0.25, 0.3) is 0 Å². The molecule has 6 nitrogen and oxygen atoms in total. The Morgan fingerprint density at radius 1 is 1.03 bits per heavy atom. The number of aryl methyl sites for hydroxylation is 1. The number of carbonyl (C=O) groups excluding carboxylic acids is 2. The van der Waals surface area contributed by atoms with E-state index in [1.54, 1.807) is 18.2 Å². The van der Waals surface area contributed by atoms with Gasteiger partial charge in [-0.25, -0.2) is 0 Å². The van der Waals surface area contributed by atoms with Crippen molar-refractivity contribution in [1.82, 2.24) is 15.2 Å². The summed E-state index contributed by atoms with van der Waals surface area (Å²) in [4.78, 5) is 32.4. The Hall–Kier alpha value is -3.67. The van der Waals surface area contributed by atoms with E-state index in [1.165, 1.54) is 0 Å². The van der Waals surface area contributed by atoms with Gasteiger partial charge in [-0.15, -0.1) is 0 Å². The lowest BCUT2D eigenvalue weighted by molar-refractivity contribution is -0.125. The van der Waals surface area contributed by atoms with Crippen LogP contribution in [0.3, 0.4) is 0 Å². The van der Waals surface area contributed by atoms with E-state index in [0.29, 0.717) is 25.2 Å². The molecular formula is C26H27N3O3. The molecule has 1 saturated heterocycles. The van der Waals surface area contributed by atoms with Crippen LogP contribution in [0.1, 0.15) is 33.1 Å². The van der Waals surface area contributed by atoms with Gasteiger partial charge in [-0.05, 0) is 48.9 Å². The predicted octanol–water partition coefficient (Wildman–Crippen LogP) is 3.57. The van der Waals surface area contributed by atoms with E-state index < -0.39 is 0 Å². The molecule has 32 heavy (non-hydrogen) atoms. The first-order valence-corrected chi connectivity index (χ1v) is 10.7. The molecule has 0 radical (unpaired) electrons. The number of hydrogen-bond acceptors (Lipinski definition) is 4. The summed E-state index contributed by atoms with van der Waals surface area (Å²) in [6.07, 6.45) is 1.71. The largest absolute Gasteiger partial charge is 0.497 e. The average Bonchev–Trinajstić information content (AvgIpc) is 3.29. The van der Waals surface area contributed by atoms with Crippen molar-refractivity contribution in [2.45, 2.75) is 19.4 Å². The van der Waals surface area contributed by atoms with Crippen molar-refractivity contribution in [1.29, 1.82) is 0 Å². The summed E-state index contributed by atoms with van der Waals surface area (Å²) < 4.78 is 5.27. The summed E-state index contributed by atoms with van der Waals surface area (Å²) in [6, 6.07) is 20.9. The van der Waals surface area contributed by atoms with Crippen molar-refractivity contribution in [3.8, 4) is 5.75 Å². The number of nitrogens with zero attached hydrogens (tertiary/aromatic N) is 2. The third-order valence-corrected chi connectivity index (χ3v) is 5.96. The molecule has 1 aliphatic heterocycles. The van der Waals surface area contributed by atoms with E-state index in [-0.39, 0.29) is 23.7 Å². The topological polar surface area (TPSA) is 71.5 Å². The van der Waals surface area contributed by atoms with E-state index in [1.807, 2.05) is 73.7 Å². The minimum atomic E-state index is -0.346. The molecule has 4 rings (SSSR count). The summed E-state index contributed by atoms with van der Waals surface area (Å²) in [5.74, 6) is 0.190. The lowest BCUT2D eigenvalue weighted by Crippen LogP contribution is -2.35. The van der Waals surface area contributed by atoms with Crippen LogP contribution in [-0.2, 0) is 11.3 Å². The Labute approximate surface area is 188 Å². The molecule has 0 bridgehead atoms. The lowest BCUT2D eigenvalue weighted by Gasteiger charge is -2.18. The van der Waals surface area contributed by atoms with Gasteiger partial charge >= 0.3 is 0 Å². The number of likely N-dealkylation sites (tertiary alicyclic amines) is 1. The van der Waals surface area contributed by atoms with E-state index in [2.05, 4.69) is 10.3 Å². The molecule has 1 fully saturated rings. The van der Waals surface area contributed by atoms with Crippen molar-refractivity contribution in [2.24, 2.45) is 5.92 Å². The third-order valence-electron chi connectivity index (χ3n) is 5.96. The molecule has 0 aliphatic carbocycles. The van der Waals surface area contributed by atoms with Crippen LogP contribution >= 0.6 is 0 Å². The first-order valence-electron chi connectivity index (χ1n) is 10.7. The van der Waals surface area contributed by atoms with Crippen LogP contribution < -0.4 is 10.1 Å². The number of hydrogen-bond donors (Lipinski definition) is 1. The number of rotatable bonds is 6. The summed E-state index contributed by atoms with van der Waals surface area (Å²) >= 11 is 0. The first kappa shape index (κ1) is 21.6. The highest BCUT2D eigenvalue weighted by Gasteiger charge is 2.40. The number of methoxy groups -OCH3 is 1. The zero-order valence-electron chi connectivity index (χ0n) is 18.3. The minimum absolute atomic E-state index is 0.0523. The van der Waals surface area contributed by atoms with Gasteiger partial charge in [-0.2, -0.15) is 0 Å². The molecule has 164 valence electrons. The summed E-state index contributed by atoms with van der Waals surface area (Å²) in [6.45, 7) is 3.21. The molecule has 6 heteroatoms. The molecular weight excluding hydrogens is 402 g/mol. The van der Waals surface area contributed by atoms with Crippen LogP contribution in [0.15, 0.2) is 72.9 Å². The first-order chi connectivity index (χ1) is 15.5. The Morgan fingerprint density at radius 3 is 2.44 bits per heavy atom. The fourth-order valence-corrected chi connectivity index (χ4v) is 4.11. The predicted molar refractivity (Wildman–Crippen MR) is 122 cm³/mol. The second kappa shape index (κ2) is 9.64. The van der Waals surface area contributed by atoms with Gasteiger partial charge in [0.15, 0.2) is 0 Å². The Morgan fingerprint density at radius 2 is 1.78 bits per heavy atom. The second-order valence-corrected chi connectivity index (χ2v) is 8.10. The fraction of sp³-hybridized carbons (Fsp3) is 0.269. The number of amides is 2. The standard InChI is InChI=1S/C26H27N3O3/c1-18-6-8-20(9-7-18)26(31)29-16-23(19-10-12-22(32-2)13-11-19)24(17-29)25(30)28-15-21-5-3-4-14-27-21/h3-14,23-24H,15-17H2,1-2H3,(H,28,30). The van der Waals surface area contributed by atoms with Crippen LogP contribution in [0.2, 0.25) is 0 Å². The molecule has 2 atom stereocenters. The summed E-state index contributed by atoms with van der Waals surface area (Å²) in [5, 5.41) is 3.01. The Kier molecular flexibility index (Phi) is 6.50. The minimum Gasteiger partial charge on any atom is -0.497 e. The number of ether oxygens (including phenoxy) is 1. The molecule has 2 aromatic carbocycles. The van der Waals surface area contributed by atoms with Gasteiger partial charge in [0, 0.05) is 30.8 Å². The molecule has 2 heterocycles. The molecule has 1 N–H and O–H groups in total. The van der Waals surface area contributed by atoms with Crippen LogP contribution in [0.5, 0.6) is 5.75 Å². The van der Waals surface area contributed by atoms with Crippen molar-refractivity contribution in [2.75, 3.05) is 20.2 Å². The van der Waals surface area contributed by atoms with Crippen molar-refractivity contribution in [3.05, 3.63) is 95.3 Å². The number of pyridine rings is 1. The maximum absolute atomic E-state index is 13.2. The molecule has 0 saturated carbocycles. The van der Waals surface area contributed by atoms with Crippen LogP contribution in [-0.4, -0.2) is 41.9 Å². The quantitative estimate of drug-likeness (QED) is 0.650. The van der Waals surface area contributed by atoms with E-state index in [4.69, 9.17) is 4.74 Å². The van der Waals surface area contributed by atoms with E-state index >= 15 is 0 Å². The summed E-state index contributed by atoms with van der Waals surface area (Å²) in [7, 11) is 1.63. The van der Waals surface area contributed by atoms with Gasteiger partial charge in [-0.1, -0.05) is 35.9 Å². The van der Waals surface area contributed by atoms with Gasteiger partial charge in [0.1, 0.15) is 5.75 Å². The lowest BCUT2D eigenvalue weighted by atomic mass is 9.88. The maximum atomic E-state index is 13.2. The zero-order chi connectivity index (χ0) is 22.5. The molecule has 0 spiro atoms. The van der Waals surface area contributed by atoms with Gasteiger partial charge in [0.05, 0.1) is 25.3 Å². The normalized spacial score (nSPS) is 17.8. The van der Waals surface area contributed by atoms with Gasteiger partial charge in [-0.3, -0.25) is 14.6 Å². The summed E-state index contributed by atoms with van der Waals surface area (Å²) in [5.41, 5.74) is 3.56. The fourth-order valence-electron chi connectivity index (χ4n) is 4.11. The van der Waals surface area contributed by atoms with Gasteiger partial charge in [0.2, 0.25) is 5.91 Å². The smallest absolute Gasteiger partial charge is 0.253 e. The number of nitrogens with one attached hydrogen (secondary N) is 1. The highest BCUT2D eigenvalue weighted by Crippen LogP contribution is 2.34. The molecule has 2 amide bonds. The Bertz CT molecular complexity index is 1070.